The van der Waals surface area contributed by atoms with Crippen molar-refractivity contribution in [1.82, 2.24) is 9.97 Å². The molecule has 4 rings (SSSR count). The molecule has 1 fully saturated rings. The van der Waals surface area contributed by atoms with Gasteiger partial charge in [-0.15, -0.1) is 0 Å². The molecular weight excluding hydrogens is 429 g/mol. The van der Waals surface area contributed by atoms with E-state index in [0.717, 1.165) is 25.9 Å². The average molecular weight is 450 g/mol. The summed E-state index contributed by atoms with van der Waals surface area (Å²) in [7, 11) is 0. The number of anilines is 3. The number of aromatic amines is 1. The number of nitrogens with one attached hydrogen (secondary N) is 3. The number of nitrogens with zero attached hydrogens (tertiary/aromatic N) is 2. The highest BCUT2D eigenvalue weighted by molar-refractivity contribution is 6.42. The van der Waals surface area contributed by atoms with Crippen molar-refractivity contribution in [3.8, 4) is 0 Å². The average Bonchev–Trinajstić information content (AvgIpc) is 2.69. The monoisotopic (exact) mass is 449 g/mol. The summed E-state index contributed by atoms with van der Waals surface area (Å²) in [5.41, 5.74) is 0.147. The fourth-order valence-electron chi connectivity index (χ4n) is 3.92. The van der Waals surface area contributed by atoms with Crippen molar-refractivity contribution in [3.63, 3.8) is 0 Å². The minimum absolute atomic E-state index is 0.137. The molecule has 0 unspecified atom stereocenters. The van der Waals surface area contributed by atoms with E-state index in [-0.39, 0.29) is 28.7 Å². The van der Waals surface area contributed by atoms with E-state index in [1.54, 1.807) is 12.1 Å². The SMILES string of the molecule is C[C@H]1CCCN(c2nc3c(c(=O)[nH]2)[C@H](C(=O)Nc2ccc(Cl)c(Cl)c2)CC(=O)N3)C1. The van der Waals surface area contributed by atoms with Gasteiger partial charge in [0.15, 0.2) is 0 Å². The van der Waals surface area contributed by atoms with Gasteiger partial charge in [0.25, 0.3) is 5.56 Å². The molecule has 2 atom stereocenters. The second-order valence-electron chi connectivity index (χ2n) is 7.77. The zero-order valence-electron chi connectivity index (χ0n) is 16.3. The van der Waals surface area contributed by atoms with Gasteiger partial charge >= 0.3 is 0 Å². The number of aromatic nitrogens is 2. The molecule has 2 aromatic rings. The van der Waals surface area contributed by atoms with Crippen molar-refractivity contribution in [2.75, 3.05) is 28.6 Å². The quantitative estimate of drug-likeness (QED) is 0.665. The van der Waals surface area contributed by atoms with Crippen molar-refractivity contribution in [1.29, 1.82) is 0 Å². The number of hydrogen-bond acceptors (Lipinski definition) is 5. The maximum absolute atomic E-state index is 12.9. The van der Waals surface area contributed by atoms with E-state index in [1.165, 1.54) is 6.07 Å². The standard InChI is InChI=1S/C20H21Cl2N5O3/c1-10-3-2-6-27(9-10)20-25-17-16(19(30)26-20)12(8-15(28)24-17)18(29)23-11-4-5-13(21)14(22)7-11/h4-5,7,10,12H,2-3,6,8-9H2,1H3,(H,23,29)(H2,24,25,26,28,30)/t10-,12+/m0/s1. The summed E-state index contributed by atoms with van der Waals surface area (Å²) < 4.78 is 0. The van der Waals surface area contributed by atoms with Gasteiger partial charge in [0, 0.05) is 25.2 Å². The van der Waals surface area contributed by atoms with Crippen LogP contribution >= 0.6 is 23.2 Å². The van der Waals surface area contributed by atoms with E-state index in [1.807, 2.05) is 4.90 Å². The van der Waals surface area contributed by atoms with Gasteiger partial charge in [-0.1, -0.05) is 30.1 Å². The summed E-state index contributed by atoms with van der Waals surface area (Å²) in [6.07, 6.45) is 1.98. The Labute approximate surface area is 183 Å². The van der Waals surface area contributed by atoms with Crippen molar-refractivity contribution in [2.45, 2.75) is 32.1 Å². The number of piperidine rings is 1. The van der Waals surface area contributed by atoms with Crippen LogP contribution in [0.4, 0.5) is 17.5 Å². The lowest BCUT2D eigenvalue weighted by atomic mass is 9.92. The van der Waals surface area contributed by atoms with Crippen LogP contribution in [-0.2, 0) is 9.59 Å². The second-order valence-corrected chi connectivity index (χ2v) is 8.58. The van der Waals surface area contributed by atoms with Gasteiger partial charge in [-0.05, 0) is 37.0 Å². The summed E-state index contributed by atoms with van der Waals surface area (Å²) in [5, 5.41) is 5.99. The lowest BCUT2D eigenvalue weighted by Gasteiger charge is -2.32. The van der Waals surface area contributed by atoms with E-state index >= 15 is 0 Å². The fraction of sp³-hybridized carbons (Fsp3) is 0.400. The Bertz CT molecular complexity index is 1070. The zero-order chi connectivity index (χ0) is 21.4. The van der Waals surface area contributed by atoms with Gasteiger partial charge in [-0.2, -0.15) is 4.98 Å². The number of amides is 2. The second kappa shape index (κ2) is 8.28. The molecule has 0 aliphatic carbocycles. The van der Waals surface area contributed by atoms with Crippen LogP contribution in [0.5, 0.6) is 0 Å². The van der Waals surface area contributed by atoms with Gasteiger partial charge in [-0.3, -0.25) is 19.4 Å². The molecule has 3 heterocycles. The summed E-state index contributed by atoms with van der Waals surface area (Å²) >= 11 is 11.9. The van der Waals surface area contributed by atoms with Crippen LogP contribution in [0, 0.1) is 5.92 Å². The molecule has 3 N–H and O–H groups in total. The van der Waals surface area contributed by atoms with Crippen molar-refractivity contribution in [3.05, 3.63) is 44.2 Å². The van der Waals surface area contributed by atoms with Crippen molar-refractivity contribution in [2.24, 2.45) is 5.92 Å². The molecule has 2 aliphatic rings. The molecule has 1 aromatic heterocycles. The third-order valence-electron chi connectivity index (χ3n) is 5.40. The van der Waals surface area contributed by atoms with E-state index in [0.29, 0.717) is 22.6 Å². The zero-order valence-corrected chi connectivity index (χ0v) is 17.8. The minimum Gasteiger partial charge on any atom is -0.342 e. The van der Waals surface area contributed by atoms with E-state index < -0.39 is 17.4 Å². The van der Waals surface area contributed by atoms with E-state index in [4.69, 9.17) is 23.2 Å². The first kappa shape index (κ1) is 20.7. The number of hydrogen-bond donors (Lipinski definition) is 3. The molecule has 30 heavy (non-hydrogen) atoms. The van der Waals surface area contributed by atoms with Crippen LogP contribution in [0.3, 0.4) is 0 Å². The summed E-state index contributed by atoms with van der Waals surface area (Å²) in [6, 6.07) is 4.66. The number of fused-ring (bicyclic) bond motifs is 1. The van der Waals surface area contributed by atoms with Gasteiger partial charge in [0.05, 0.1) is 21.5 Å². The van der Waals surface area contributed by atoms with Crippen LogP contribution in [0.25, 0.3) is 0 Å². The fourth-order valence-corrected chi connectivity index (χ4v) is 4.22. The molecular formula is C20H21Cl2N5O3. The van der Waals surface area contributed by atoms with Crippen molar-refractivity contribution >= 4 is 52.5 Å². The Hall–Kier alpha value is -2.58. The number of benzene rings is 1. The van der Waals surface area contributed by atoms with Gasteiger partial charge < -0.3 is 15.5 Å². The molecule has 0 bridgehead atoms. The molecule has 8 nitrogen and oxygen atoms in total. The maximum atomic E-state index is 12.9. The molecule has 0 radical (unpaired) electrons. The largest absolute Gasteiger partial charge is 0.342 e. The Kier molecular flexibility index (Phi) is 5.71. The Morgan fingerprint density at radius 2 is 2.07 bits per heavy atom. The number of carbonyl (C=O) groups excluding carboxylic acids is 2. The Morgan fingerprint density at radius 3 is 2.80 bits per heavy atom. The maximum Gasteiger partial charge on any atom is 0.258 e. The van der Waals surface area contributed by atoms with Crippen LogP contribution < -0.4 is 21.1 Å². The molecule has 0 spiro atoms. The number of H-pyrrole nitrogens is 1. The van der Waals surface area contributed by atoms with Crippen LogP contribution in [0.2, 0.25) is 10.0 Å². The summed E-state index contributed by atoms with van der Waals surface area (Å²) in [6.45, 7) is 3.70. The summed E-state index contributed by atoms with van der Waals surface area (Å²) in [5.74, 6) is -0.786. The lowest BCUT2D eigenvalue weighted by Crippen LogP contribution is -2.40. The highest BCUT2D eigenvalue weighted by Crippen LogP contribution is 2.32. The molecule has 0 saturated carbocycles. The molecule has 2 amide bonds. The predicted molar refractivity (Wildman–Crippen MR) is 117 cm³/mol. The molecule has 1 saturated heterocycles. The highest BCUT2D eigenvalue weighted by Gasteiger charge is 2.35. The highest BCUT2D eigenvalue weighted by atomic mass is 35.5. The van der Waals surface area contributed by atoms with Crippen molar-refractivity contribution < 1.29 is 9.59 Å². The number of rotatable bonds is 3. The Balaban J connectivity index is 1.64. The molecule has 10 heteroatoms. The first-order valence-electron chi connectivity index (χ1n) is 9.76. The van der Waals surface area contributed by atoms with Gasteiger partial charge in [-0.25, -0.2) is 0 Å². The minimum atomic E-state index is -0.964. The molecule has 1 aromatic carbocycles. The predicted octanol–water partition coefficient (Wildman–Crippen LogP) is 3.38. The topological polar surface area (TPSA) is 107 Å². The third kappa shape index (κ3) is 4.15. The van der Waals surface area contributed by atoms with Crippen LogP contribution in [0.15, 0.2) is 23.0 Å². The van der Waals surface area contributed by atoms with E-state index in [9.17, 15) is 14.4 Å². The first-order valence-corrected chi connectivity index (χ1v) is 10.5. The van der Waals surface area contributed by atoms with Crippen LogP contribution in [0.1, 0.15) is 37.7 Å². The Morgan fingerprint density at radius 1 is 1.27 bits per heavy atom. The third-order valence-corrected chi connectivity index (χ3v) is 6.14. The lowest BCUT2D eigenvalue weighted by molar-refractivity contribution is -0.123. The van der Waals surface area contributed by atoms with Gasteiger partial charge in [0.2, 0.25) is 17.8 Å². The molecule has 158 valence electrons. The molecule has 2 aliphatic heterocycles. The summed E-state index contributed by atoms with van der Waals surface area (Å²) in [4.78, 5) is 47.3. The smallest absolute Gasteiger partial charge is 0.258 e. The van der Waals surface area contributed by atoms with Crippen LogP contribution in [-0.4, -0.2) is 34.9 Å². The normalized spacial score (nSPS) is 21.0. The van der Waals surface area contributed by atoms with E-state index in [2.05, 4.69) is 27.5 Å². The number of halogens is 2. The first-order chi connectivity index (χ1) is 14.3. The van der Waals surface area contributed by atoms with Gasteiger partial charge in [0.1, 0.15) is 5.82 Å². The number of carbonyl (C=O) groups is 2.